The Morgan fingerprint density at radius 3 is 2.15 bits per heavy atom. The number of ether oxygens (including phenoxy) is 1. The zero-order valence-corrected chi connectivity index (χ0v) is 16.6. The summed E-state index contributed by atoms with van der Waals surface area (Å²) in [5.74, 6) is 1.45. The number of hydrogen-bond acceptors (Lipinski definition) is 1. The molecule has 0 atom stereocenters. The van der Waals surface area contributed by atoms with Gasteiger partial charge >= 0.3 is 0 Å². The van der Waals surface area contributed by atoms with E-state index in [-0.39, 0.29) is 0 Å². The van der Waals surface area contributed by atoms with E-state index in [1.165, 1.54) is 47.9 Å². The maximum absolute atomic E-state index is 5.71. The van der Waals surface area contributed by atoms with Crippen LogP contribution in [0.2, 0.25) is 0 Å². The van der Waals surface area contributed by atoms with Gasteiger partial charge in [0, 0.05) is 0 Å². The molecular formula is C26H32O. The minimum Gasteiger partial charge on any atom is -0.376 e. The zero-order chi connectivity index (χ0) is 18.9. The molecule has 27 heavy (non-hydrogen) atoms. The van der Waals surface area contributed by atoms with Crippen LogP contribution >= 0.6 is 0 Å². The lowest BCUT2D eigenvalue weighted by atomic mass is 9.78. The topological polar surface area (TPSA) is 9.23 Å². The lowest BCUT2D eigenvalue weighted by molar-refractivity contribution is 0.125. The molecule has 1 nitrogen and oxygen atoms in total. The summed E-state index contributed by atoms with van der Waals surface area (Å²) in [5, 5.41) is 0. The van der Waals surface area contributed by atoms with Gasteiger partial charge in [0.15, 0.2) is 0 Å². The summed E-state index contributed by atoms with van der Waals surface area (Å²) in [4.78, 5) is 0. The van der Waals surface area contributed by atoms with Crippen LogP contribution in [0.5, 0.6) is 0 Å². The second-order valence-electron chi connectivity index (χ2n) is 7.58. The van der Waals surface area contributed by atoms with E-state index < -0.39 is 0 Å². The molecule has 0 unspecified atom stereocenters. The first-order chi connectivity index (χ1) is 13.3. The average molecular weight is 361 g/mol. The Morgan fingerprint density at radius 1 is 0.926 bits per heavy atom. The van der Waals surface area contributed by atoms with Crippen LogP contribution in [0, 0.1) is 5.92 Å². The monoisotopic (exact) mass is 360 g/mol. The fraction of sp³-hybridized carbons (Fsp3) is 0.385. The molecule has 0 radical (unpaired) electrons. The van der Waals surface area contributed by atoms with E-state index in [1.807, 2.05) is 6.92 Å². The van der Waals surface area contributed by atoms with Crippen LogP contribution in [0.25, 0.3) is 11.1 Å². The quantitative estimate of drug-likeness (QED) is 0.354. The normalized spacial score (nSPS) is 20.0. The smallest absolute Gasteiger partial charge is 0.0717 e. The molecule has 0 aliphatic heterocycles. The van der Waals surface area contributed by atoms with Gasteiger partial charge in [-0.2, -0.15) is 0 Å². The minimum atomic E-state index is 0.685. The van der Waals surface area contributed by atoms with Gasteiger partial charge in [-0.05, 0) is 73.1 Å². The molecule has 2 aromatic carbocycles. The molecular weight excluding hydrogens is 328 g/mol. The third-order valence-electron chi connectivity index (χ3n) is 5.71. The fourth-order valence-electron chi connectivity index (χ4n) is 3.94. The van der Waals surface area contributed by atoms with Crippen molar-refractivity contribution in [2.24, 2.45) is 5.92 Å². The van der Waals surface area contributed by atoms with Crippen LogP contribution in [-0.4, -0.2) is 6.61 Å². The van der Waals surface area contributed by atoms with Crippen molar-refractivity contribution >= 4 is 0 Å². The highest BCUT2D eigenvalue weighted by molar-refractivity contribution is 5.64. The summed E-state index contributed by atoms with van der Waals surface area (Å²) in [5.41, 5.74) is 5.29. The third kappa shape index (κ3) is 5.68. The van der Waals surface area contributed by atoms with Gasteiger partial charge in [-0.15, -0.1) is 6.58 Å². The van der Waals surface area contributed by atoms with E-state index in [1.54, 1.807) is 0 Å². The van der Waals surface area contributed by atoms with Gasteiger partial charge in [-0.25, -0.2) is 0 Å². The molecule has 1 heteroatoms. The van der Waals surface area contributed by atoms with Gasteiger partial charge in [0.1, 0.15) is 0 Å². The molecule has 0 heterocycles. The highest BCUT2D eigenvalue weighted by Crippen LogP contribution is 2.36. The first-order valence-corrected chi connectivity index (χ1v) is 10.3. The Hall–Kier alpha value is -2.12. The van der Waals surface area contributed by atoms with Crippen LogP contribution in [-0.2, 0) is 11.3 Å². The Balaban J connectivity index is 1.54. The maximum atomic E-state index is 5.71. The van der Waals surface area contributed by atoms with Crippen molar-refractivity contribution in [3.05, 3.63) is 84.5 Å². The van der Waals surface area contributed by atoms with Crippen molar-refractivity contribution in [3.63, 3.8) is 0 Å². The Bertz CT molecular complexity index is 716. The van der Waals surface area contributed by atoms with E-state index in [0.717, 1.165) is 24.9 Å². The Labute approximate surface area is 164 Å². The predicted molar refractivity (Wildman–Crippen MR) is 116 cm³/mol. The van der Waals surface area contributed by atoms with Gasteiger partial charge < -0.3 is 4.74 Å². The summed E-state index contributed by atoms with van der Waals surface area (Å²) in [6, 6.07) is 18.0. The molecule has 0 amide bonds. The number of allylic oxidation sites excluding steroid dienone is 2. The molecule has 0 saturated heterocycles. The highest BCUT2D eigenvalue weighted by Gasteiger charge is 2.20. The summed E-state index contributed by atoms with van der Waals surface area (Å²) in [6.45, 7) is 7.46. The van der Waals surface area contributed by atoms with Crippen LogP contribution in [0.15, 0.2) is 73.3 Å². The molecule has 1 aliphatic carbocycles. The van der Waals surface area contributed by atoms with Gasteiger partial charge in [0.25, 0.3) is 0 Å². The largest absolute Gasteiger partial charge is 0.376 e. The maximum Gasteiger partial charge on any atom is 0.0717 e. The van der Waals surface area contributed by atoms with E-state index in [0.29, 0.717) is 6.61 Å². The first-order valence-electron chi connectivity index (χ1n) is 10.3. The number of hydrogen-bond donors (Lipinski definition) is 0. The van der Waals surface area contributed by atoms with Crippen LogP contribution in [0.1, 0.15) is 56.1 Å². The van der Waals surface area contributed by atoms with Crippen molar-refractivity contribution < 1.29 is 4.74 Å². The summed E-state index contributed by atoms with van der Waals surface area (Å²) >= 11 is 0. The SMILES string of the molecule is C=C[C@H]1CC[C@H](c2ccc(-c3ccc(COCCC=CC)cc3)cc2)CC1. The van der Waals surface area contributed by atoms with Crippen LogP contribution < -0.4 is 0 Å². The second-order valence-corrected chi connectivity index (χ2v) is 7.58. The number of rotatable bonds is 8. The standard InChI is InChI=1S/C26H32O/c1-3-5-6-19-27-20-22-9-13-24(14-10-22)26-17-15-25(16-18-26)23-11-7-21(4-2)8-12-23/h3-5,9-10,13-18,21,23H,2,6-8,11-12,19-20H2,1H3/t21-,23-. The lowest BCUT2D eigenvalue weighted by Gasteiger charge is -2.27. The van der Waals surface area contributed by atoms with Gasteiger partial charge in [0.2, 0.25) is 0 Å². The molecule has 1 saturated carbocycles. The van der Waals surface area contributed by atoms with E-state index in [2.05, 4.69) is 73.3 Å². The molecule has 0 spiro atoms. The predicted octanol–water partition coefficient (Wildman–Crippen LogP) is 7.30. The van der Waals surface area contributed by atoms with Crippen molar-refractivity contribution in [2.75, 3.05) is 6.61 Å². The Morgan fingerprint density at radius 2 is 1.56 bits per heavy atom. The van der Waals surface area contributed by atoms with Gasteiger partial charge in [-0.1, -0.05) is 66.8 Å². The average Bonchev–Trinajstić information content (AvgIpc) is 2.74. The first kappa shape index (κ1) is 19.6. The zero-order valence-electron chi connectivity index (χ0n) is 16.6. The van der Waals surface area contributed by atoms with E-state index in [4.69, 9.17) is 4.74 Å². The molecule has 1 aliphatic rings. The highest BCUT2D eigenvalue weighted by atomic mass is 16.5. The lowest BCUT2D eigenvalue weighted by Crippen LogP contribution is -2.11. The minimum absolute atomic E-state index is 0.685. The molecule has 2 aromatic rings. The van der Waals surface area contributed by atoms with E-state index >= 15 is 0 Å². The molecule has 142 valence electrons. The molecule has 0 N–H and O–H groups in total. The molecule has 1 fully saturated rings. The fourth-order valence-corrected chi connectivity index (χ4v) is 3.94. The van der Waals surface area contributed by atoms with E-state index in [9.17, 15) is 0 Å². The third-order valence-corrected chi connectivity index (χ3v) is 5.71. The molecule has 0 bridgehead atoms. The van der Waals surface area contributed by atoms with Gasteiger partial charge in [-0.3, -0.25) is 0 Å². The van der Waals surface area contributed by atoms with Crippen molar-refractivity contribution in [1.29, 1.82) is 0 Å². The Kier molecular flexibility index (Phi) is 7.47. The molecule has 0 aromatic heterocycles. The van der Waals surface area contributed by atoms with Gasteiger partial charge in [0.05, 0.1) is 13.2 Å². The van der Waals surface area contributed by atoms with Crippen molar-refractivity contribution in [3.8, 4) is 11.1 Å². The molecule has 3 rings (SSSR count). The van der Waals surface area contributed by atoms with Crippen molar-refractivity contribution in [2.45, 2.75) is 51.6 Å². The summed E-state index contributed by atoms with van der Waals surface area (Å²) < 4.78 is 5.71. The second kappa shape index (κ2) is 10.3. The van der Waals surface area contributed by atoms with Crippen molar-refractivity contribution in [1.82, 2.24) is 0 Å². The van der Waals surface area contributed by atoms with Crippen LogP contribution in [0.3, 0.4) is 0 Å². The van der Waals surface area contributed by atoms with Crippen LogP contribution in [0.4, 0.5) is 0 Å². The summed E-state index contributed by atoms with van der Waals surface area (Å²) in [6.07, 6.45) is 12.5. The summed E-state index contributed by atoms with van der Waals surface area (Å²) in [7, 11) is 0. The number of benzene rings is 2.